The van der Waals surface area contributed by atoms with Crippen LogP contribution in [0.2, 0.25) is 5.02 Å². The van der Waals surface area contributed by atoms with Crippen LogP contribution in [0.25, 0.3) is 0 Å². The van der Waals surface area contributed by atoms with E-state index in [1.54, 1.807) is 6.20 Å². The Hall–Kier alpha value is -0.840. The average molecular weight is 311 g/mol. The van der Waals surface area contributed by atoms with Gasteiger partial charge < -0.3 is 10.2 Å². The third-order valence-corrected chi connectivity index (χ3v) is 4.38. The number of anilines is 1. The van der Waals surface area contributed by atoms with E-state index in [0.717, 1.165) is 55.7 Å². The molecule has 1 fully saturated rings. The molecular formula is C16H27ClN4. The first-order valence-electron chi connectivity index (χ1n) is 7.77. The van der Waals surface area contributed by atoms with Gasteiger partial charge in [0.1, 0.15) is 5.82 Å². The second kappa shape index (κ2) is 6.95. The van der Waals surface area contributed by atoms with Crippen LogP contribution < -0.4 is 10.2 Å². The molecule has 0 radical (unpaired) electrons. The second-order valence-electron chi connectivity index (χ2n) is 6.56. The van der Waals surface area contributed by atoms with E-state index in [4.69, 9.17) is 11.6 Å². The Morgan fingerprint density at radius 3 is 2.48 bits per heavy atom. The smallest absolute Gasteiger partial charge is 0.128 e. The minimum absolute atomic E-state index is 0.246. The normalized spacial score (nSPS) is 17.3. The zero-order valence-electron chi connectivity index (χ0n) is 13.6. The highest BCUT2D eigenvalue weighted by Gasteiger charge is 2.26. The first-order valence-corrected chi connectivity index (χ1v) is 8.14. The molecule has 0 unspecified atom stereocenters. The van der Waals surface area contributed by atoms with Gasteiger partial charge in [0.2, 0.25) is 0 Å². The van der Waals surface area contributed by atoms with Gasteiger partial charge in [-0.1, -0.05) is 18.5 Å². The van der Waals surface area contributed by atoms with E-state index in [9.17, 15) is 0 Å². The van der Waals surface area contributed by atoms with Crippen LogP contribution in [0, 0.1) is 0 Å². The molecule has 0 amide bonds. The second-order valence-corrected chi connectivity index (χ2v) is 6.97. The van der Waals surface area contributed by atoms with E-state index in [0.29, 0.717) is 0 Å². The zero-order valence-corrected chi connectivity index (χ0v) is 14.4. The lowest BCUT2D eigenvalue weighted by atomic mass is 10.0. The monoisotopic (exact) mass is 310 g/mol. The van der Waals surface area contributed by atoms with Gasteiger partial charge in [0.25, 0.3) is 0 Å². The number of nitrogens with one attached hydrogen (secondary N) is 1. The highest BCUT2D eigenvalue weighted by atomic mass is 35.5. The summed E-state index contributed by atoms with van der Waals surface area (Å²) in [5, 5.41) is 4.07. The van der Waals surface area contributed by atoms with Crippen molar-refractivity contribution in [3.05, 3.63) is 22.8 Å². The molecule has 0 spiro atoms. The largest absolute Gasteiger partial charge is 0.354 e. The van der Waals surface area contributed by atoms with Gasteiger partial charge in [-0.25, -0.2) is 4.98 Å². The Labute approximate surface area is 133 Å². The Morgan fingerprint density at radius 1 is 1.24 bits per heavy atom. The van der Waals surface area contributed by atoms with Crippen LogP contribution >= 0.6 is 11.6 Å². The predicted octanol–water partition coefficient (Wildman–Crippen LogP) is 2.77. The molecule has 0 saturated carbocycles. The van der Waals surface area contributed by atoms with Crippen molar-refractivity contribution in [3.63, 3.8) is 0 Å². The number of pyridine rings is 1. The van der Waals surface area contributed by atoms with Crippen molar-refractivity contribution in [1.29, 1.82) is 0 Å². The molecule has 1 N–H and O–H groups in total. The summed E-state index contributed by atoms with van der Waals surface area (Å²) < 4.78 is 0. The quantitative estimate of drug-likeness (QED) is 0.926. The van der Waals surface area contributed by atoms with Crippen LogP contribution in [-0.4, -0.2) is 48.1 Å². The minimum Gasteiger partial charge on any atom is -0.354 e. The van der Waals surface area contributed by atoms with Crippen molar-refractivity contribution in [3.8, 4) is 0 Å². The van der Waals surface area contributed by atoms with E-state index in [2.05, 4.69) is 53.9 Å². The number of piperazine rings is 1. The molecule has 2 heterocycles. The summed E-state index contributed by atoms with van der Waals surface area (Å²) in [7, 11) is 0. The van der Waals surface area contributed by atoms with Gasteiger partial charge in [-0.15, -0.1) is 0 Å². The lowest BCUT2D eigenvalue weighted by Crippen LogP contribution is -2.53. The fourth-order valence-corrected chi connectivity index (χ4v) is 2.81. The number of nitrogens with zero attached hydrogens (tertiary/aromatic N) is 3. The number of halogens is 1. The molecule has 118 valence electrons. The summed E-state index contributed by atoms with van der Waals surface area (Å²) in [5.74, 6) is 1.04. The number of rotatable bonds is 4. The Morgan fingerprint density at radius 2 is 1.90 bits per heavy atom. The van der Waals surface area contributed by atoms with Gasteiger partial charge in [-0.3, -0.25) is 4.90 Å². The topological polar surface area (TPSA) is 31.4 Å². The van der Waals surface area contributed by atoms with E-state index >= 15 is 0 Å². The summed E-state index contributed by atoms with van der Waals surface area (Å²) in [5.41, 5.74) is 1.37. The third kappa shape index (κ3) is 4.31. The van der Waals surface area contributed by atoms with Crippen molar-refractivity contribution in [1.82, 2.24) is 15.2 Å². The standard InChI is InChI=1S/C16H27ClN4/c1-5-18-11-13-10-15(19-12-14(13)17)20-6-8-21(9-7-20)16(2,3)4/h10,12,18H,5-9,11H2,1-4H3. The first kappa shape index (κ1) is 16.5. The summed E-state index contributed by atoms with van der Waals surface area (Å²) in [6.45, 7) is 14.9. The van der Waals surface area contributed by atoms with Gasteiger partial charge in [0, 0.05) is 44.5 Å². The Balaban J connectivity index is 2.03. The molecular weight excluding hydrogens is 284 g/mol. The van der Waals surface area contributed by atoms with Crippen molar-refractivity contribution in [2.24, 2.45) is 0 Å². The summed E-state index contributed by atoms with van der Waals surface area (Å²) >= 11 is 6.22. The predicted molar refractivity (Wildman–Crippen MR) is 90.2 cm³/mol. The SMILES string of the molecule is CCNCc1cc(N2CCN(C(C)(C)C)CC2)ncc1Cl. The van der Waals surface area contributed by atoms with E-state index in [1.807, 2.05) is 0 Å². The molecule has 0 bridgehead atoms. The van der Waals surface area contributed by atoms with Crippen LogP contribution in [0.4, 0.5) is 5.82 Å². The lowest BCUT2D eigenvalue weighted by Gasteiger charge is -2.42. The molecule has 1 aromatic rings. The molecule has 1 saturated heterocycles. The van der Waals surface area contributed by atoms with Gasteiger partial charge >= 0.3 is 0 Å². The Bertz CT molecular complexity index is 462. The van der Waals surface area contributed by atoms with E-state index in [1.165, 1.54) is 0 Å². The molecule has 0 atom stereocenters. The molecule has 4 nitrogen and oxygen atoms in total. The van der Waals surface area contributed by atoms with Crippen LogP contribution in [0.3, 0.4) is 0 Å². The van der Waals surface area contributed by atoms with Gasteiger partial charge in [0.05, 0.1) is 5.02 Å². The summed E-state index contributed by atoms with van der Waals surface area (Å²) in [6, 6.07) is 2.12. The molecule has 5 heteroatoms. The Kier molecular flexibility index (Phi) is 5.47. The maximum atomic E-state index is 6.22. The third-order valence-electron chi connectivity index (χ3n) is 4.04. The average Bonchev–Trinajstić information content (AvgIpc) is 2.46. The van der Waals surface area contributed by atoms with Crippen molar-refractivity contribution in [2.75, 3.05) is 37.6 Å². The molecule has 1 aromatic heterocycles. The lowest BCUT2D eigenvalue weighted by molar-refractivity contribution is 0.128. The fourth-order valence-electron chi connectivity index (χ4n) is 2.64. The molecule has 2 rings (SSSR count). The van der Waals surface area contributed by atoms with Crippen LogP contribution in [0.1, 0.15) is 33.3 Å². The highest BCUT2D eigenvalue weighted by Crippen LogP contribution is 2.23. The molecule has 1 aliphatic heterocycles. The van der Waals surface area contributed by atoms with Crippen LogP contribution in [-0.2, 0) is 6.54 Å². The maximum absolute atomic E-state index is 6.22. The summed E-state index contributed by atoms with van der Waals surface area (Å²) in [4.78, 5) is 9.39. The minimum atomic E-state index is 0.246. The maximum Gasteiger partial charge on any atom is 0.128 e. The van der Waals surface area contributed by atoms with Gasteiger partial charge in [-0.05, 0) is 38.9 Å². The molecule has 0 aliphatic carbocycles. The zero-order chi connectivity index (χ0) is 15.5. The summed E-state index contributed by atoms with van der Waals surface area (Å²) in [6.07, 6.45) is 1.78. The van der Waals surface area contributed by atoms with E-state index < -0.39 is 0 Å². The van der Waals surface area contributed by atoms with Crippen molar-refractivity contribution in [2.45, 2.75) is 39.8 Å². The first-order chi connectivity index (χ1) is 9.91. The van der Waals surface area contributed by atoms with E-state index in [-0.39, 0.29) is 5.54 Å². The number of aromatic nitrogens is 1. The van der Waals surface area contributed by atoms with Crippen LogP contribution in [0.15, 0.2) is 12.3 Å². The van der Waals surface area contributed by atoms with Crippen LogP contribution in [0.5, 0.6) is 0 Å². The molecule has 1 aliphatic rings. The molecule has 0 aromatic carbocycles. The number of hydrogen-bond acceptors (Lipinski definition) is 4. The molecule has 21 heavy (non-hydrogen) atoms. The number of hydrogen-bond donors (Lipinski definition) is 1. The van der Waals surface area contributed by atoms with Gasteiger partial charge in [-0.2, -0.15) is 0 Å². The van der Waals surface area contributed by atoms with Gasteiger partial charge in [0.15, 0.2) is 0 Å². The van der Waals surface area contributed by atoms with Crippen molar-refractivity contribution < 1.29 is 0 Å². The van der Waals surface area contributed by atoms with Crippen molar-refractivity contribution >= 4 is 17.4 Å². The highest BCUT2D eigenvalue weighted by molar-refractivity contribution is 6.31. The fraction of sp³-hybridized carbons (Fsp3) is 0.688.